The van der Waals surface area contributed by atoms with Crippen LogP contribution in [-0.4, -0.2) is 0 Å². The molecule has 2 N–H and O–H groups in total. The highest BCUT2D eigenvalue weighted by molar-refractivity contribution is 5.77. The van der Waals surface area contributed by atoms with Crippen molar-refractivity contribution in [1.29, 1.82) is 0 Å². The normalized spacial score (nSPS) is 11.6. The highest BCUT2D eigenvalue weighted by Crippen LogP contribution is 2.37. The lowest BCUT2D eigenvalue weighted by molar-refractivity contribution is -0.138. The van der Waals surface area contributed by atoms with Gasteiger partial charge in [0.15, 0.2) is 0 Å². The molecule has 2 aromatic carbocycles. The molecular formula is C14H12F3N. The Morgan fingerprint density at radius 1 is 1.00 bits per heavy atom. The average Bonchev–Trinajstić information content (AvgIpc) is 2.28. The molecule has 0 aliphatic carbocycles. The zero-order valence-corrected chi connectivity index (χ0v) is 9.75. The summed E-state index contributed by atoms with van der Waals surface area (Å²) in [6, 6.07) is 11.3. The van der Waals surface area contributed by atoms with Crippen molar-refractivity contribution in [3.8, 4) is 11.1 Å². The van der Waals surface area contributed by atoms with E-state index in [4.69, 9.17) is 5.73 Å². The predicted octanol–water partition coefficient (Wildman–Crippen LogP) is 4.26. The van der Waals surface area contributed by atoms with Gasteiger partial charge in [0.1, 0.15) is 0 Å². The highest BCUT2D eigenvalue weighted by Gasteiger charge is 2.33. The van der Waals surface area contributed by atoms with Gasteiger partial charge in [-0.1, -0.05) is 30.3 Å². The maximum atomic E-state index is 12.8. The van der Waals surface area contributed by atoms with Gasteiger partial charge in [0.2, 0.25) is 0 Å². The van der Waals surface area contributed by atoms with Crippen LogP contribution in [0, 0.1) is 6.92 Å². The monoisotopic (exact) mass is 251 g/mol. The summed E-state index contributed by atoms with van der Waals surface area (Å²) in [5.74, 6) is 0. The van der Waals surface area contributed by atoms with Crippen molar-refractivity contribution in [2.75, 3.05) is 5.73 Å². The average molecular weight is 251 g/mol. The number of anilines is 1. The van der Waals surface area contributed by atoms with Gasteiger partial charge < -0.3 is 5.73 Å². The van der Waals surface area contributed by atoms with E-state index in [0.29, 0.717) is 16.8 Å². The first-order chi connectivity index (χ1) is 8.39. The summed E-state index contributed by atoms with van der Waals surface area (Å²) in [7, 11) is 0. The van der Waals surface area contributed by atoms with Crippen LogP contribution in [0.5, 0.6) is 0 Å². The lowest BCUT2D eigenvalue weighted by atomic mass is 9.97. The molecule has 18 heavy (non-hydrogen) atoms. The fraction of sp³-hybridized carbons (Fsp3) is 0.143. The van der Waals surface area contributed by atoms with Crippen LogP contribution in [0.15, 0.2) is 42.5 Å². The summed E-state index contributed by atoms with van der Waals surface area (Å²) < 4.78 is 38.5. The Labute approximate surface area is 103 Å². The van der Waals surface area contributed by atoms with E-state index in [1.54, 1.807) is 30.3 Å². The Morgan fingerprint density at radius 3 is 2.17 bits per heavy atom. The largest absolute Gasteiger partial charge is 0.416 e. The summed E-state index contributed by atoms with van der Waals surface area (Å²) in [4.78, 5) is 0. The van der Waals surface area contributed by atoms with Gasteiger partial charge in [0.05, 0.1) is 5.56 Å². The Morgan fingerprint density at radius 2 is 1.61 bits per heavy atom. The molecule has 0 bridgehead atoms. The summed E-state index contributed by atoms with van der Waals surface area (Å²) in [5, 5.41) is 0. The molecule has 1 nitrogen and oxygen atoms in total. The number of hydrogen-bond acceptors (Lipinski definition) is 1. The molecule has 4 heteroatoms. The third-order valence-corrected chi connectivity index (χ3v) is 2.79. The molecule has 0 radical (unpaired) electrons. The van der Waals surface area contributed by atoms with Crippen LogP contribution in [0.4, 0.5) is 18.9 Å². The molecule has 0 aromatic heterocycles. The molecular weight excluding hydrogens is 239 g/mol. The SMILES string of the molecule is Cc1cc(N)c(-c2ccccc2)cc1C(F)(F)F. The maximum absolute atomic E-state index is 12.8. The van der Waals surface area contributed by atoms with Crippen LogP contribution in [0.25, 0.3) is 11.1 Å². The van der Waals surface area contributed by atoms with Crippen LogP contribution in [0.3, 0.4) is 0 Å². The van der Waals surface area contributed by atoms with Gasteiger partial charge in [0, 0.05) is 11.3 Å². The zero-order valence-electron chi connectivity index (χ0n) is 9.75. The predicted molar refractivity (Wildman–Crippen MR) is 66.0 cm³/mol. The molecule has 0 spiro atoms. The maximum Gasteiger partial charge on any atom is 0.416 e. The Kier molecular flexibility index (Phi) is 3.03. The highest BCUT2D eigenvalue weighted by atomic mass is 19.4. The quantitative estimate of drug-likeness (QED) is 0.753. The lowest BCUT2D eigenvalue weighted by Crippen LogP contribution is -2.08. The van der Waals surface area contributed by atoms with E-state index in [-0.39, 0.29) is 5.56 Å². The van der Waals surface area contributed by atoms with Crippen molar-refractivity contribution < 1.29 is 13.2 Å². The van der Waals surface area contributed by atoms with Crippen molar-refractivity contribution >= 4 is 5.69 Å². The second kappa shape index (κ2) is 4.37. The zero-order chi connectivity index (χ0) is 13.3. The van der Waals surface area contributed by atoms with Crippen LogP contribution < -0.4 is 5.73 Å². The molecule has 0 atom stereocenters. The number of hydrogen-bond donors (Lipinski definition) is 1. The van der Waals surface area contributed by atoms with E-state index in [9.17, 15) is 13.2 Å². The van der Waals surface area contributed by atoms with E-state index in [1.807, 2.05) is 0 Å². The van der Waals surface area contributed by atoms with Crippen molar-refractivity contribution in [1.82, 2.24) is 0 Å². The molecule has 0 saturated heterocycles. The summed E-state index contributed by atoms with van der Waals surface area (Å²) in [6.45, 7) is 1.41. The van der Waals surface area contributed by atoms with Crippen LogP contribution in [0.1, 0.15) is 11.1 Å². The second-order valence-electron chi connectivity index (χ2n) is 4.12. The summed E-state index contributed by atoms with van der Waals surface area (Å²) in [6.07, 6.45) is -4.36. The van der Waals surface area contributed by atoms with Crippen LogP contribution in [0.2, 0.25) is 0 Å². The molecule has 0 heterocycles. The number of benzene rings is 2. The minimum absolute atomic E-state index is 0.139. The van der Waals surface area contributed by atoms with Gasteiger partial charge in [0.25, 0.3) is 0 Å². The molecule has 2 aromatic rings. The topological polar surface area (TPSA) is 26.0 Å². The third-order valence-electron chi connectivity index (χ3n) is 2.79. The van der Waals surface area contributed by atoms with E-state index in [0.717, 1.165) is 6.07 Å². The van der Waals surface area contributed by atoms with E-state index >= 15 is 0 Å². The van der Waals surface area contributed by atoms with Gasteiger partial charge in [-0.25, -0.2) is 0 Å². The minimum atomic E-state index is -4.36. The van der Waals surface area contributed by atoms with Gasteiger partial charge in [-0.2, -0.15) is 13.2 Å². The van der Waals surface area contributed by atoms with E-state index in [2.05, 4.69) is 0 Å². The molecule has 0 saturated carbocycles. The van der Waals surface area contributed by atoms with Crippen LogP contribution >= 0.6 is 0 Å². The number of aryl methyl sites for hydroxylation is 1. The van der Waals surface area contributed by atoms with Gasteiger partial charge in [-0.3, -0.25) is 0 Å². The molecule has 0 unspecified atom stereocenters. The van der Waals surface area contributed by atoms with Gasteiger partial charge in [-0.05, 0) is 30.2 Å². The summed E-state index contributed by atoms with van der Waals surface area (Å²) >= 11 is 0. The third kappa shape index (κ3) is 2.32. The van der Waals surface area contributed by atoms with Gasteiger partial charge in [-0.15, -0.1) is 0 Å². The number of nitrogen functional groups attached to an aromatic ring is 1. The standard InChI is InChI=1S/C14H12F3N/c1-9-7-13(18)11(8-12(9)14(15,16)17)10-5-3-2-4-6-10/h2-8H,18H2,1H3. The first-order valence-electron chi connectivity index (χ1n) is 5.42. The molecule has 94 valence electrons. The van der Waals surface area contributed by atoms with Crippen molar-refractivity contribution in [3.63, 3.8) is 0 Å². The van der Waals surface area contributed by atoms with Crippen LogP contribution in [-0.2, 0) is 6.18 Å². The Balaban J connectivity index is 2.63. The fourth-order valence-corrected chi connectivity index (χ4v) is 1.90. The minimum Gasteiger partial charge on any atom is -0.398 e. The lowest BCUT2D eigenvalue weighted by Gasteiger charge is -2.14. The smallest absolute Gasteiger partial charge is 0.398 e. The molecule has 0 aliphatic heterocycles. The van der Waals surface area contributed by atoms with Crippen molar-refractivity contribution in [2.24, 2.45) is 0 Å². The molecule has 0 amide bonds. The Bertz CT molecular complexity index is 559. The van der Waals surface area contributed by atoms with Gasteiger partial charge >= 0.3 is 6.18 Å². The number of nitrogens with two attached hydrogens (primary N) is 1. The number of rotatable bonds is 1. The number of alkyl halides is 3. The Hall–Kier alpha value is -1.97. The second-order valence-corrected chi connectivity index (χ2v) is 4.12. The first kappa shape index (κ1) is 12.5. The van der Waals surface area contributed by atoms with Crippen molar-refractivity contribution in [3.05, 3.63) is 53.6 Å². The number of halogens is 3. The van der Waals surface area contributed by atoms with E-state index < -0.39 is 11.7 Å². The van der Waals surface area contributed by atoms with Crippen molar-refractivity contribution in [2.45, 2.75) is 13.1 Å². The molecule has 0 aliphatic rings. The molecule has 2 rings (SSSR count). The fourth-order valence-electron chi connectivity index (χ4n) is 1.90. The van der Waals surface area contributed by atoms with E-state index in [1.165, 1.54) is 13.0 Å². The first-order valence-corrected chi connectivity index (χ1v) is 5.42. The molecule has 0 fully saturated rings. The summed E-state index contributed by atoms with van der Waals surface area (Å²) in [5.41, 5.74) is 6.74.